The molecule has 1 saturated heterocycles. The number of piperazine rings is 1. The summed E-state index contributed by atoms with van der Waals surface area (Å²) in [4.78, 5) is 26.2. The Morgan fingerprint density at radius 3 is 2.53 bits per heavy atom. The van der Waals surface area contributed by atoms with E-state index in [1.165, 1.54) is 6.07 Å². The zero-order valence-corrected chi connectivity index (χ0v) is 24.6. The fourth-order valence-corrected chi connectivity index (χ4v) is 4.68. The Morgan fingerprint density at radius 1 is 1.05 bits per heavy atom. The number of hydrogen-bond donors (Lipinski definition) is 3. The highest BCUT2D eigenvalue weighted by Crippen LogP contribution is 2.20. The summed E-state index contributed by atoms with van der Waals surface area (Å²) in [6.07, 6.45) is 5.02. The number of hydrogen-bond acceptors (Lipinski definition) is 8. The van der Waals surface area contributed by atoms with E-state index in [0.29, 0.717) is 47.0 Å². The van der Waals surface area contributed by atoms with Crippen LogP contribution in [0.4, 0.5) is 21.7 Å². The first-order valence-electron chi connectivity index (χ1n) is 14.1. The average Bonchev–Trinajstić information content (AvgIpc) is 3.34. The van der Waals surface area contributed by atoms with Crippen LogP contribution in [0.15, 0.2) is 55.0 Å². The van der Waals surface area contributed by atoms with Crippen LogP contribution in [0.3, 0.4) is 0 Å². The number of aliphatic hydroxyl groups is 1. The summed E-state index contributed by atoms with van der Waals surface area (Å²) in [5.74, 6) is 5.89. The summed E-state index contributed by atoms with van der Waals surface area (Å²) in [5.41, 5.74) is 5.18. The lowest BCUT2D eigenvalue weighted by atomic mass is 10.0. The molecule has 0 saturated carbocycles. The van der Waals surface area contributed by atoms with Crippen LogP contribution in [0.2, 0.25) is 0 Å². The first kappa shape index (κ1) is 29.8. The minimum Gasteiger partial charge on any atom is -0.394 e. The lowest BCUT2D eigenvalue weighted by Crippen LogP contribution is -2.44. The van der Waals surface area contributed by atoms with Crippen LogP contribution in [-0.4, -0.2) is 80.4 Å². The molecule has 0 aliphatic carbocycles. The Bertz CT molecular complexity index is 1650. The normalized spacial score (nSPS) is 13.8. The number of halogens is 1. The second-order valence-corrected chi connectivity index (χ2v) is 10.7. The molecule has 1 fully saturated rings. The van der Waals surface area contributed by atoms with Crippen molar-refractivity contribution in [3.63, 3.8) is 0 Å². The number of amides is 1. The molecule has 4 aromatic rings. The minimum absolute atomic E-state index is 0.00284. The monoisotopic (exact) mass is 582 g/mol. The van der Waals surface area contributed by atoms with E-state index in [4.69, 9.17) is 5.11 Å². The molecule has 2 aromatic carbocycles. The Kier molecular flexibility index (Phi) is 9.41. The zero-order chi connectivity index (χ0) is 30.3. The number of nitrogens with one attached hydrogen (secondary N) is 2. The number of rotatable bonds is 8. The third-order valence-corrected chi connectivity index (χ3v) is 7.32. The molecule has 0 atom stereocenters. The van der Waals surface area contributed by atoms with E-state index in [2.05, 4.69) is 54.4 Å². The van der Waals surface area contributed by atoms with Gasteiger partial charge < -0.3 is 20.6 Å². The number of anilines is 3. The van der Waals surface area contributed by atoms with Gasteiger partial charge in [0.05, 0.1) is 30.1 Å². The molecule has 11 heteroatoms. The summed E-state index contributed by atoms with van der Waals surface area (Å²) < 4.78 is 16.5. The van der Waals surface area contributed by atoms with Crippen molar-refractivity contribution in [2.24, 2.45) is 0 Å². The standard InChI is InChI=1S/C32H35FN8O2/c1-22-4-6-26(31(43)36-28-9-8-27(29(33)17-28)20-40-12-10-39(3)11-13-40)16-25(22)7-5-24-18-34-32(35-19-24)37-30-21-41(14-15-42)38-23(30)2/h4,6,8-9,16-19,21,42H,10-15,20H2,1-3H3,(H,36,43)(H,34,35,37). The number of nitrogens with zero attached hydrogens (tertiary/aromatic N) is 6. The van der Waals surface area contributed by atoms with E-state index in [1.54, 1.807) is 47.5 Å². The van der Waals surface area contributed by atoms with E-state index >= 15 is 0 Å². The fraction of sp³-hybridized carbons (Fsp3) is 0.312. The molecule has 3 heterocycles. The molecule has 10 nitrogen and oxygen atoms in total. The number of carbonyl (C=O) groups excluding carboxylic acids is 1. The van der Waals surface area contributed by atoms with Crippen molar-refractivity contribution in [3.05, 3.63) is 94.3 Å². The first-order chi connectivity index (χ1) is 20.8. The van der Waals surface area contributed by atoms with E-state index in [1.807, 2.05) is 19.9 Å². The molecule has 222 valence electrons. The van der Waals surface area contributed by atoms with Crippen molar-refractivity contribution in [1.29, 1.82) is 0 Å². The quantitative estimate of drug-likeness (QED) is 0.271. The van der Waals surface area contributed by atoms with Crippen LogP contribution in [0.25, 0.3) is 0 Å². The molecule has 1 aliphatic rings. The van der Waals surface area contributed by atoms with Crippen LogP contribution >= 0.6 is 0 Å². The van der Waals surface area contributed by atoms with Gasteiger partial charge in [-0.25, -0.2) is 14.4 Å². The molecule has 2 aromatic heterocycles. The maximum Gasteiger partial charge on any atom is 0.255 e. The zero-order valence-electron chi connectivity index (χ0n) is 24.6. The molecule has 1 amide bonds. The van der Waals surface area contributed by atoms with Gasteiger partial charge in [-0.15, -0.1) is 0 Å². The molecule has 0 unspecified atom stereocenters. The smallest absolute Gasteiger partial charge is 0.255 e. The van der Waals surface area contributed by atoms with Gasteiger partial charge in [0.2, 0.25) is 5.95 Å². The van der Waals surface area contributed by atoms with Crippen molar-refractivity contribution in [3.8, 4) is 11.8 Å². The van der Waals surface area contributed by atoms with Crippen molar-refractivity contribution >= 4 is 23.2 Å². The summed E-state index contributed by atoms with van der Waals surface area (Å²) in [6.45, 7) is 8.49. The molecule has 1 aliphatic heterocycles. The summed E-state index contributed by atoms with van der Waals surface area (Å²) in [5, 5.41) is 19.4. The van der Waals surface area contributed by atoms with Gasteiger partial charge in [-0.2, -0.15) is 5.10 Å². The van der Waals surface area contributed by atoms with Crippen LogP contribution in [0.5, 0.6) is 0 Å². The number of aromatic nitrogens is 4. The maximum atomic E-state index is 14.9. The van der Waals surface area contributed by atoms with Crippen LogP contribution in [0.1, 0.15) is 38.3 Å². The van der Waals surface area contributed by atoms with Crippen molar-refractivity contribution in [1.82, 2.24) is 29.5 Å². The third kappa shape index (κ3) is 7.81. The highest BCUT2D eigenvalue weighted by atomic mass is 19.1. The van der Waals surface area contributed by atoms with E-state index in [9.17, 15) is 9.18 Å². The van der Waals surface area contributed by atoms with E-state index in [0.717, 1.165) is 43.1 Å². The van der Waals surface area contributed by atoms with E-state index < -0.39 is 0 Å². The Hall–Kier alpha value is -4.63. The van der Waals surface area contributed by atoms with Gasteiger partial charge in [0.1, 0.15) is 5.82 Å². The van der Waals surface area contributed by atoms with E-state index in [-0.39, 0.29) is 18.3 Å². The van der Waals surface area contributed by atoms with Crippen molar-refractivity contribution < 1.29 is 14.3 Å². The molecule has 0 spiro atoms. The van der Waals surface area contributed by atoms with Gasteiger partial charge in [-0.1, -0.05) is 24.0 Å². The lowest BCUT2D eigenvalue weighted by molar-refractivity contribution is 0.102. The first-order valence-corrected chi connectivity index (χ1v) is 14.1. The topological polar surface area (TPSA) is 111 Å². The highest BCUT2D eigenvalue weighted by molar-refractivity contribution is 6.04. The molecule has 43 heavy (non-hydrogen) atoms. The van der Waals surface area contributed by atoms with Gasteiger partial charge in [0.15, 0.2) is 0 Å². The lowest BCUT2D eigenvalue weighted by Gasteiger charge is -2.32. The van der Waals surface area contributed by atoms with Gasteiger partial charge in [0.25, 0.3) is 5.91 Å². The summed E-state index contributed by atoms with van der Waals surface area (Å²) in [6, 6.07) is 10.1. The molecular weight excluding hydrogens is 547 g/mol. The van der Waals surface area contributed by atoms with Crippen LogP contribution in [0, 0.1) is 31.5 Å². The largest absolute Gasteiger partial charge is 0.394 e. The second kappa shape index (κ2) is 13.6. The fourth-order valence-electron chi connectivity index (χ4n) is 4.68. The predicted molar refractivity (Wildman–Crippen MR) is 164 cm³/mol. The SMILES string of the molecule is Cc1ccc(C(=O)Nc2ccc(CN3CCN(C)CC3)c(F)c2)cc1C#Cc1cnc(Nc2cn(CCO)nc2C)nc1. The van der Waals surface area contributed by atoms with Crippen LogP contribution < -0.4 is 10.6 Å². The number of aryl methyl sites for hydroxylation is 2. The second-order valence-electron chi connectivity index (χ2n) is 10.7. The predicted octanol–water partition coefficient (Wildman–Crippen LogP) is 3.56. The average molecular weight is 583 g/mol. The molecule has 0 radical (unpaired) electrons. The van der Waals surface area contributed by atoms with Gasteiger partial charge >= 0.3 is 0 Å². The molecule has 0 bridgehead atoms. The van der Waals surface area contributed by atoms with Crippen molar-refractivity contribution in [2.45, 2.75) is 26.9 Å². The maximum absolute atomic E-state index is 14.9. The molecule has 5 rings (SSSR count). The number of benzene rings is 2. The molecule has 3 N–H and O–H groups in total. The van der Waals surface area contributed by atoms with Gasteiger partial charge in [-0.05, 0) is 50.7 Å². The Balaban J connectivity index is 1.22. The number of carbonyl (C=O) groups is 1. The third-order valence-electron chi connectivity index (χ3n) is 7.32. The summed E-state index contributed by atoms with van der Waals surface area (Å²) >= 11 is 0. The van der Waals surface area contributed by atoms with Gasteiger partial charge in [0, 0.05) is 73.7 Å². The van der Waals surface area contributed by atoms with Crippen molar-refractivity contribution in [2.75, 3.05) is 50.5 Å². The number of aliphatic hydroxyl groups excluding tert-OH is 1. The highest BCUT2D eigenvalue weighted by Gasteiger charge is 2.16. The Labute approximate surface area is 250 Å². The number of likely N-dealkylation sites (N-methyl/N-ethyl adjacent to an activating group) is 1. The van der Waals surface area contributed by atoms with Gasteiger partial charge in [-0.3, -0.25) is 14.4 Å². The van der Waals surface area contributed by atoms with Crippen LogP contribution in [-0.2, 0) is 13.1 Å². The summed E-state index contributed by atoms with van der Waals surface area (Å²) in [7, 11) is 2.09. The minimum atomic E-state index is -0.342. The Morgan fingerprint density at radius 2 is 1.81 bits per heavy atom. The molecular formula is C32H35FN8O2.